The molecule has 2 amide bonds. The third-order valence-corrected chi connectivity index (χ3v) is 6.22. The fourth-order valence-electron chi connectivity index (χ4n) is 4.22. The Labute approximate surface area is 181 Å². The molecule has 31 heavy (non-hydrogen) atoms. The zero-order chi connectivity index (χ0) is 21.8. The average Bonchev–Trinajstić information content (AvgIpc) is 3.40. The summed E-state index contributed by atoms with van der Waals surface area (Å²) in [4.78, 5) is 30.2. The molecular formula is C22H29N5O4. The van der Waals surface area contributed by atoms with Gasteiger partial charge in [0.25, 0.3) is 0 Å². The summed E-state index contributed by atoms with van der Waals surface area (Å²) in [6.45, 7) is 3.30. The van der Waals surface area contributed by atoms with Gasteiger partial charge in [0.2, 0.25) is 11.8 Å². The van der Waals surface area contributed by atoms with E-state index in [0.717, 1.165) is 43.5 Å². The number of nitrogens with one attached hydrogen (secondary N) is 2. The fourth-order valence-corrected chi connectivity index (χ4v) is 4.22. The Morgan fingerprint density at radius 2 is 2.16 bits per heavy atom. The van der Waals surface area contributed by atoms with Crippen molar-refractivity contribution in [2.75, 3.05) is 25.6 Å². The van der Waals surface area contributed by atoms with Crippen molar-refractivity contribution in [3.63, 3.8) is 0 Å². The molecule has 166 valence electrons. The average molecular weight is 428 g/mol. The van der Waals surface area contributed by atoms with Crippen molar-refractivity contribution >= 4 is 17.8 Å². The minimum absolute atomic E-state index is 0.150. The molecule has 2 aromatic heterocycles. The molecule has 2 N–H and O–H groups in total. The highest BCUT2D eigenvalue weighted by atomic mass is 16.6. The second-order valence-corrected chi connectivity index (χ2v) is 8.42. The summed E-state index contributed by atoms with van der Waals surface area (Å²) in [7, 11) is 1.54. The minimum atomic E-state index is -0.194. The first-order chi connectivity index (χ1) is 15.0. The molecule has 0 aromatic carbocycles. The number of H-pyrrole nitrogens is 1. The van der Waals surface area contributed by atoms with Gasteiger partial charge in [0.05, 0.1) is 20.1 Å². The van der Waals surface area contributed by atoms with Crippen LogP contribution < -0.4 is 10.1 Å². The number of likely N-dealkylation sites (tertiary alicyclic amines) is 1. The van der Waals surface area contributed by atoms with E-state index in [1.807, 2.05) is 13.0 Å². The number of carbonyl (C=O) groups is 2. The maximum Gasteiger partial charge on any atom is 0.410 e. The molecule has 2 unspecified atom stereocenters. The van der Waals surface area contributed by atoms with E-state index in [9.17, 15) is 9.59 Å². The maximum atomic E-state index is 12.3. The first kappa shape index (κ1) is 21.1. The second-order valence-electron chi connectivity index (χ2n) is 8.42. The van der Waals surface area contributed by atoms with E-state index in [4.69, 9.17) is 9.47 Å². The number of aromatic nitrogens is 3. The number of carbonyl (C=O) groups excluding carboxylic acids is 2. The summed E-state index contributed by atoms with van der Waals surface area (Å²) in [5, 5.41) is 10.1. The van der Waals surface area contributed by atoms with Gasteiger partial charge in [-0.25, -0.2) is 9.78 Å². The quantitative estimate of drug-likeness (QED) is 0.703. The first-order valence-electron chi connectivity index (χ1n) is 10.8. The van der Waals surface area contributed by atoms with Gasteiger partial charge in [0.15, 0.2) is 5.82 Å². The van der Waals surface area contributed by atoms with Gasteiger partial charge in [-0.3, -0.25) is 9.89 Å². The van der Waals surface area contributed by atoms with Crippen molar-refractivity contribution in [3.05, 3.63) is 35.7 Å². The van der Waals surface area contributed by atoms with Crippen LogP contribution in [0.4, 0.5) is 10.6 Å². The van der Waals surface area contributed by atoms with Crippen LogP contribution in [0.3, 0.4) is 0 Å². The standard InChI is InChI=1S/C22H29N5O4/c1-14-6-8-27(14)22(29)31-13-16-3-4-17(9-16)18-12-19(26-25-18)24-20(28)10-15-5-7-23-21(11-15)30-2/h5,7,11-12,14,16-17H,3-4,6,8-10,13H2,1-2H3,(H2,24,25,26,28)/t14?,16?,17-/m0/s1. The molecule has 1 saturated carbocycles. The molecule has 0 spiro atoms. The lowest BCUT2D eigenvalue weighted by Gasteiger charge is -2.37. The van der Waals surface area contributed by atoms with Crippen LogP contribution in [-0.2, 0) is 16.0 Å². The molecule has 3 atom stereocenters. The molecule has 1 saturated heterocycles. The number of ether oxygens (including phenoxy) is 2. The lowest BCUT2D eigenvalue weighted by molar-refractivity contribution is -0.115. The van der Waals surface area contributed by atoms with Gasteiger partial charge >= 0.3 is 6.09 Å². The lowest BCUT2D eigenvalue weighted by atomic mass is 10.0. The summed E-state index contributed by atoms with van der Waals surface area (Å²) in [6, 6.07) is 5.71. The number of hydrogen-bond acceptors (Lipinski definition) is 6. The normalized spacial score (nSPS) is 22.6. The SMILES string of the molecule is COc1cc(CC(=O)Nc2cc([C@H]3CCC(COC(=O)N4CCC4C)C3)[nH]n2)ccn1. The Bertz CT molecular complexity index is 930. The molecule has 2 aromatic rings. The number of aromatic amines is 1. The topological polar surface area (TPSA) is 109 Å². The maximum absolute atomic E-state index is 12.3. The largest absolute Gasteiger partial charge is 0.481 e. The summed E-state index contributed by atoms with van der Waals surface area (Å²) < 4.78 is 10.6. The number of rotatable bonds is 7. The van der Waals surface area contributed by atoms with Crippen molar-refractivity contribution in [3.8, 4) is 5.88 Å². The smallest absolute Gasteiger partial charge is 0.410 e. The van der Waals surface area contributed by atoms with Gasteiger partial charge in [0, 0.05) is 42.5 Å². The van der Waals surface area contributed by atoms with Crippen LogP contribution in [0, 0.1) is 5.92 Å². The number of anilines is 1. The van der Waals surface area contributed by atoms with Crippen LogP contribution in [0.1, 0.15) is 49.8 Å². The van der Waals surface area contributed by atoms with Crippen LogP contribution in [-0.4, -0.2) is 58.4 Å². The molecule has 0 radical (unpaired) electrons. The third-order valence-electron chi connectivity index (χ3n) is 6.22. The van der Waals surface area contributed by atoms with E-state index >= 15 is 0 Å². The van der Waals surface area contributed by atoms with Crippen LogP contribution in [0.25, 0.3) is 0 Å². The van der Waals surface area contributed by atoms with Gasteiger partial charge in [-0.05, 0) is 50.2 Å². The zero-order valence-corrected chi connectivity index (χ0v) is 18.0. The van der Waals surface area contributed by atoms with Crippen molar-refractivity contribution < 1.29 is 19.1 Å². The number of nitrogens with zero attached hydrogens (tertiary/aromatic N) is 3. The van der Waals surface area contributed by atoms with Crippen LogP contribution in [0.15, 0.2) is 24.4 Å². The predicted molar refractivity (Wildman–Crippen MR) is 114 cm³/mol. The summed E-state index contributed by atoms with van der Waals surface area (Å²) >= 11 is 0. The first-order valence-corrected chi connectivity index (χ1v) is 10.8. The van der Waals surface area contributed by atoms with Crippen molar-refractivity contribution in [2.45, 2.75) is 51.0 Å². The third kappa shape index (κ3) is 5.15. The van der Waals surface area contributed by atoms with E-state index in [1.165, 1.54) is 0 Å². The molecule has 4 rings (SSSR count). The lowest BCUT2D eigenvalue weighted by Crippen LogP contribution is -2.49. The highest BCUT2D eigenvalue weighted by Crippen LogP contribution is 2.38. The van der Waals surface area contributed by atoms with E-state index in [1.54, 1.807) is 30.3 Å². The summed E-state index contributed by atoms with van der Waals surface area (Å²) in [6.07, 6.45) is 5.65. The number of pyridine rings is 1. The molecule has 2 aliphatic rings. The minimum Gasteiger partial charge on any atom is -0.481 e. The Morgan fingerprint density at radius 3 is 2.90 bits per heavy atom. The number of methoxy groups -OCH3 is 1. The molecule has 3 heterocycles. The van der Waals surface area contributed by atoms with Crippen LogP contribution in [0.2, 0.25) is 0 Å². The van der Waals surface area contributed by atoms with Crippen LogP contribution in [0.5, 0.6) is 5.88 Å². The molecule has 1 aliphatic carbocycles. The number of amides is 2. The number of hydrogen-bond donors (Lipinski definition) is 2. The highest BCUT2D eigenvalue weighted by Gasteiger charge is 2.32. The van der Waals surface area contributed by atoms with Gasteiger partial charge < -0.3 is 19.7 Å². The predicted octanol–water partition coefficient (Wildman–Crippen LogP) is 3.11. The Balaban J connectivity index is 1.24. The van der Waals surface area contributed by atoms with Gasteiger partial charge in [-0.1, -0.05) is 0 Å². The van der Waals surface area contributed by atoms with Gasteiger partial charge in [-0.15, -0.1) is 0 Å². The fraction of sp³-hybridized carbons (Fsp3) is 0.545. The molecule has 0 bridgehead atoms. The van der Waals surface area contributed by atoms with E-state index in [2.05, 4.69) is 20.5 Å². The molecular weight excluding hydrogens is 398 g/mol. The molecule has 9 nitrogen and oxygen atoms in total. The summed E-state index contributed by atoms with van der Waals surface area (Å²) in [5.74, 6) is 1.53. The van der Waals surface area contributed by atoms with E-state index in [0.29, 0.717) is 36.2 Å². The highest BCUT2D eigenvalue weighted by molar-refractivity contribution is 5.91. The monoisotopic (exact) mass is 427 g/mol. The van der Waals surface area contributed by atoms with Gasteiger partial charge in [-0.2, -0.15) is 5.10 Å². The second kappa shape index (κ2) is 9.36. The molecule has 2 fully saturated rings. The zero-order valence-electron chi connectivity index (χ0n) is 18.0. The van der Waals surface area contributed by atoms with Crippen molar-refractivity contribution in [1.29, 1.82) is 0 Å². The molecule has 9 heteroatoms. The Morgan fingerprint density at radius 1 is 1.29 bits per heavy atom. The van der Waals surface area contributed by atoms with E-state index < -0.39 is 0 Å². The van der Waals surface area contributed by atoms with Gasteiger partial charge in [0.1, 0.15) is 0 Å². The van der Waals surface area contributed by atoms with Crippen molar-refractivity contribution in [2.24, 2.45) is 5.92 Å². The van der Waals surface area contributed by atoms with Crippen molar-refractivity contribution in [1.82, 2.24) is 20.1 Å². The molecule has 1 aliphatic heterocycles. The van der Waals surface area contributed by atoms with E-state index in [-0.39, 0.29) is 18.4 Å². The Kier molecular flexibility index (Phi) is 6.39. The van der Waals surface area contributed by atoms with Crippen LogP contribution >= 0.6 is 0 Å². The Hall–Kier alpha value is -3.10. The summed E-state index contributed by atoms with van der Waals surface area (Å²) in [5.41, 5.74) is 1.83.